The van der Waals surface area contributed by atoms with Gasteiger partial charge in [0.05, 0.1) is 0 Å². The maximum Gasteiger partial charge on any atom is -0.364 e. The minimum Gasteiger partial charge on any atom is -0.879 e. The van der Waals surface area contributed by atoms with Crippen molar-refractivity contribution in [3.8, 4) is 0 Å². The molecule has 0 aromatic rings. The first kappa shape index (κ1) is 67.7. The molecule has 350 valence electrons. The summed E-state index contributed by atoms with van der Waals surface area (Å²) in [4.78, 5) is 0. The number of hydrogen-bond acceptors (Lipinski definition) is 6. The fraction of sp³-hybridized carbons (Fsp3) is 1.00. The Morgan fingerprint density at radius 1 is 0.203 bits per heavy atom. The molecule has 0 aliphatic rings. The van der Waals surface area contributed by atoms with Crippen LogP contribution in [-0.2, 0) is 0 Å². The summed E-state index contributed by atoms with van der Waals surface area (Å²) in [5, 5.41) is 54.5. The van der Waals surface area contributed by atoms with Gasteiger partial charge in [-0.05, 0) is 0 Å². The fourth-order valence-corrected chi connectivity index (χ4v) is 17.3. The van der Waals surface area contributed by atoms with Crippen LogP contribution >= 0.6 is 0 Å². The molecule has 0 aliphatic heterocycles. The quantitative estimate of drug-likeness (QED) is 0.0339. The molecule has 0 aromatic heterocycles. The van der Waals surface area contributed by atoms with E-state index in [1.54, 1.807) is 65.1 Å². The minimum absolute atomic E-state index is 0.0736. The predicted molar refractivity (Wildman–Crippen MR) is 252 cm³/mol. The van der Waals surface area contributed by atoms with E-state index in [0.29, 0.717) is 0 Å². The Hall–Kier alpha value is 2.16. The molecule has 0 fully saturated rings. The summed E-state index contributed by atoms with van der Waals surface area (Å²) in [7, 11) is 0. The molecular formula is C50H102O6Sn3. The molecule has 0 atom stereocenters. The topological polar surface area (TPSA) is 138 Å². The van der Waals surface area contributed by atoms with Gasteiger partial charge in [-0.1, -0.05) is 0 Å². The van der Waals surface area contributed by atoms with Crippen LogP contribution in [0.4, 0.5) is 0 Å². The Labute approximate surface area is 401 Å². The zero-order valence-corrected chi connectivity index (χ0v) is 49.2. The summed E-state index contributed by atoms with van der Waals surface area (Å²) in [6.45, 7) is 13.8. The van der Waals surface area contributed by atoms with Crippen LogP contribution in [0.5, 0.6) is 0 Å². The van der Waals surface area contributed by atoms with Gasteiger partial charge in [-0.25, -0.2) is 0 Å². The molecule has 0 saturated heterocycles. The fourth-order valence-electron chi connectivity index (χ4n) is 6.56. The molecular weight excluding hydrogens is 1050 g/mol. The second-order valence-corrected chi connectivity index (χ2v) is 29.8. The first-order valence-corrected chi connectivity index (χ1v) is 37.9. The Morgan fingerprint density at radius 2 is 0.322 bits per heavy atom. The first-order valence-electron chi connectivity index (χ1n) is 25.8. The molecule has 0 spiro atoms. The summed E-state index contributed by atoms with van der Waals surface area (Å²) in [6, 6.07) is 0. The second-order valence-electron chi connectivity index (χ2n) is 17.0. The molecule has 0 aliphatic carbocycles. The van der Waals surface area contributed by atoms with Gasteiger partial charge in [0, 0.05) is 0 Å². The van der Waals surface area contributed by atoms with Crippen molar-refractivity contribution < 1.29 is 30.6 Å². The molecule has 0 aromatic carbocycles. The van der Waals surface area contributed by atoms with E-state index in [9.17, 15) is 0 Å². The Balaban J connectivity index is -0.000000352. The van der Waals surface area contributed by atoms with E-state index in [1.165, 1.54) is 193 Å². The number of hydrogen-bond donors (Lipinski definition) is 0. The van der Waals surface area contributed by atoms with E-state index in [4.69, 9.17) is 30.6 Å². The summed E-state index contributed by atoms with van der Waals surface area (Å²) in [6.07, 6.45) is 53.5. The summed E-state index contributed by atoms with van der Waals surface area (Å²) >= 11 is 0.221. The van der Waals surface area contributed by atoms with E-state index in [2.05, 4.69) is 41.5 Å². The third-order valence-corrected chi connectivity index (χ3v) is 22.7. The van der Waals surface area contributed by atoms with Crippen molar-refractivity contribution in [3.05, 3.63) is 0 Å². The van der Waals surface area contributed by atoms with Crippen LogP contribution in [0.25, 0.3) is 0 Å². The Bertz CT molecular complexity index is 565. The van der Waals surface area contributed by atoms with Gasteiger partial charge in [-0.3, -0.25) is 0 Å². The van der Waals surface area contributed by atoms with Crippen molar-refractivity contribution in [1.29, 1.82) is 0 Å². The zero-order valence-electron chi connectivity index (χ0n) is 40.6. The van der Waals surface area contributed by atoms with Gasteiger partial charge < -0.3 is 42.6 Å². The second kappa shape index (κ2) is 60.2. The standard InChI is InChI=1S/6C8H17.C2O6.3Sn/c6*1-3-5-7-8-6-4-2;3-1(4,5)2(6,7)8;;;/h6*1,3-8H2,2H3;;;;/q;;;;;;-6;3*+2. The Morgan fingerprint density at radius 3 is 0.441 bits per heavy atom. The predicted octanol–water partition coefficient (Wildman–Crippen LogP) is 11.2. The smallest absolute Gasteiger partial charge is 0.364 e. The van der Waals surface area contributed by atoms with E-state index in [-0.39, 0.29) is 63.4 Å². The average molecular weight is 1160 g/mol. The largest absolute Gasteiger partial charge is 0.879 e. The van der Waals surface area contributed by atoms with Crippen molar-refractivity contribution >= 4 is 63.4 Å². The van der Waals surface area contributed by atoms with Crippen molar-refractivity contribution in [2.75, 3.05) is 0 Å². The molecule has 0 heterocycles. The monoisotopic (exact) mass is 1160 g/mol. The summed E-state index contributed by atoms with van der Waals surface area (Å²) < 4.78 is 9.94. The molecule has 0 saturated carbocycles. The van der Waals surface area contributed by atoms with Gasteiger partial charge in [0.2, 0.25) is 0 Å². The zero-order chi connectivity index (χ0) is 44.8. The van der Waals surface area contributed by atoms with E-state index >= 15 is 0 Å². The van der Waals surface area contributed by atoms with Crippen LogP contribution in [0.2, 0.25) is 26.6 Å². The van der Waals surface area contributed by atoms with Gasteiger partial charge in [0.15, 0.2) is 0 Å². The third-order valence-electron chi connectivity index (χ3n) is 10.6. The maximum atomic E-state index is 9.08. The molecule has 6 nitrogen and oxygen atoms in total. The van der Waals surface area contributed by atoms with Crippen molar-refractivity contribution in [1.82, 2.24) is 0 Å². The van der Waals surface area contributed by atoms with Crippen LogP contribution in [-0.4, -0.2) is 75.4 Å². The van der Waals surface area contributed by atoms with Gasteiger partial charge in [0.1, 0.15) is 0 Å². The van der Waals surface area contributed by atoms with Gasteiger partial charge in [0.25, 0.3) is 0 Å². The van der Waals surface area contributed by atoms with Crippen LogP contribution in [0, 0.1) is 0 Å². The van der Waals surface area contributed by atoms with Crippen LogP contribution in [0.15, 0.2) is 0 Å². The summed E-state index contributed by atoms with van der Waals surface area (Å²) in [5.41, 5.74) is 0. The van der Waals surface area contributed by atoms with E-state index < -0.39 is 11.9 Å². The Kier molecular flexibility index (Phi) is 69.1. The molecule has 0 bridgehead atoms. The minimum atomic E-state index is -4.98. The van der Waals surface area contributed by atoms with E-state index in [1.807, 2.05) is 0 Å². The van der Waals surface area contributed by atoms with Gasteiger partial charge >= 0.3 is 363 Å². The molecule has 9 heteroatoms. The normalized spacial score (nSPS) is 11.0. The van der Waals surface area contributed by atoms with Gasteiger partial charge in [-0.15, -0.1) is 0 Å². The number of unbranched alkanes of at least 4 members (excludes halogenated alkanes) is 30. The van der Waals surface area contributed by atoms with Crippen LogP contribution < -0.4 is 30.6 Å². The molecule has 0 amide bonds. The van der Waals surface area contributed by atoms with Crippen molar-refractivity contribution in [2.45, 2.75) is 311 Å². The van der Waals surface area contributed by atoms with E-state index in [0.717, 1.165) is 0 Å². The summed E-state index contributed by atoms with van der Waals surface area (Å²) in [5.74, 6) is -9.96. The molecule has 0 unspecified atom stereocenters. The SMILES string of the molecule is CCCCCCC[CH2][Sn+2][CH2]CCCCCCC.CCCCCCC[CH2][Sn+2][CH2]CCCCCCC.CCCCCCC[CH2][Sn+2][CH2]CCCCCCC.[O-]C([O-])([O-])C([O-])([O-])[O-]. The molecule has 0 radical (unpaired) electrons. The first-order chi connectivity index (χ1) is 28.5. The maximum absolute atomic E-state index is 9.08. The van der Waals surface area contributed by atoms with Gasteiger partial charge in [-0.2, -0.15) is 0 Å². The molecule has 0 rings (SSSR count). The number of rotatable bonds is 43. The third kappa shape index (κ3) is 72.0. The van der Waals surface area contributed by atoms with Crippen LogP contribution in [0.1, 0.15) is 273 Å². The molecule has 0 N–H and O–H groups in total. The van der Waals surface area contributed by atoms with Crippen molar-refractivity contribution in [2.24, 2.45) is 0 Å². The average Bonchev–Trinajstić information content (AvgIpc) is 3.20. The van der Waals surface area contributed by atoms with Crippen molar-refractivity contribution in [3.63, 3.8) is 0 Å². The van der Waals surface area contributed by atoms with Crippen LogP contribution in [0.3, 0.4) is 0 Å². The molecule has 59 heavy (non-hydrogen) atoms.